The van der Waals surface area contributed by atoms with Crippen LogP contribution in [0.2, 0.25) is 0 Å². The number of halogens is 7. The molecule has 2 aromatic carbocycles. The molecule has 0 saturated heterocycles. The van der Waals surface area contributed by atoms with Gasteiger partial charge in [-0.25, -0.2) is 4.39 Å². The second-order valence-electron chi connectivity index (χ2n) is 6.66. The van der Waals surface area contributed by atoms with E-state index in [0.29, 0.717) is 17.8 Å². The molecule has 0 bridgehead atoms. The average Bonchev–Trinajstić information content (AvgIpc) is 2.61. The Labute approximate surface area is 177 Å². The molecule has 4 N–H and O–H groups in total. The number of alkyl halides is 7. The van der Waals surface area contributed by atoms with E-state index in [1.807, 2.05) is 0 Å². The van der Waals surface area contributed by atoms with E-state index in [4.69, 9.17) is 18.0 Å². The molecule has 0 aliphatic rings. The molecule has 0 aromatic heterocycles. The van der Waals surface area contributed by atoms with Crippen LogP contribution in [0.5, 0.6) is 0 Å². The van der Waals surface area contributed by atoms with Gasteiger partial charge in [-0.15, -0.1) is 0 Å². The summed E-state index contributed by atoms with van der Waals surface area (Å²) in [5.41, 5.74) is -1.75. The van der Waals surface area contributed by atoms with Gasteiger partial charge in [0.2, 0.25) is 0 Å². The zero-order valence-electron chi connectivity index (χ0n) is 16.0. The van der Waals surface area contributed by atoms with E-state index in [2.05, 4.69) is 10.6 Å². The number of hydrogen-bond acceptors (Lipinski definition) is 2. The minimum absolute atomic E-state index is 0.0480. The number of carbonyl (C=O) groups excluding carboxylic acids is 1. The van der Waals surface area contributed by atoms with Gasteiger partial charge in [-0.3, -0.25) is 4.79 Å². The van der Waals surface area contributed by atoms with Crippen molar-refractivity contribution < 1.29 is 35.5 Å². The molecule has 0 heterocycles. The van der Waals surface area contributed by atoms with Crippen molar-refractivity contribution in [2.75, 3.05) is 10.6 Å². The number of hydrogen-bond donors (Lipinski definition) is 3. The molecule has 0 atom stereocenters. The van der Waals surface area contributed by atoms with Crippen molar-refractivity contribution in [1.29, 1.82) is 0 Å². The van der Waals surface area contributed by atoms with Crippen LogP contribution in [0.3, 0.4) is 0 Å². The van der Waals surface area contributed by atoms with Crippen molar-refractivity contribution in [2.45, 2.75) is 31.9 Å². The Bertz CT molecular complexity index is 981. The third-order valence-corrected chi connectivity index (χ3v) is 4.44. The van der Waals surface area contributed by atoms with Gasteiger partial charge in [0.1, 0.15) is 0 Å². The summed E-state index contributed by atoms with van der Waals surface area (Å²) in [6.07, 6.45) is -12.5. The fourth-order valence-corrected chi connectivity index (χ4v) is 3.03. The average molecular weight is 467 g/mol. The van der Waals surface area contributed by atoms with E-state index in [9.17, 15) is 35.5 Å². The van der Waals surface area contributed by atoms with E-state index in [0.717, 1.165) is 13.8 Å². The molecule has 12 heteroatoms. The maximum atomic E-state index is 14.3. The van der Waals surface area contributed by atoms with Crippen LogP contribution in [-0.2, 0) is 5.67 Å². The highest BCUT2D eigenvalue weighted by atomic mass is 32.1. The van der Waals surface area contributed by atoms with E-state index in [1.54, 1.807) is 6.07 Å². The van der Waals surface area contributed by atoms with Gasteiger partial charge in [0.05, 0.1) is 0 Å². The Morgan fingerprint density at radius 3 is 1.87 bits per heavy atom. The zero-order chi connectivity index (χ0) is 23.8. The second-order valence-corrected chi connectivity index (χ2v) is 7.10. The van der Waals surface area contributed by atoms with E-state index < -0.39 is 29.5 Å². The Balaban J connectivity index is 2.43. The molecule has 0 fully saturated rings. The standard InChI is InChI=1S/C19H16F7N3OS/c1-9-6-12(17(20,18(21,22)23)19(24,25)26)7-10(2)14(9)29-15(30)11-4-3-5-13(8-11)28-16(27)31/h3-8H,1-2H3,(H,29,30)(H3,27,28,31). The normalized spacial score (nSPS) is 12.4. The number of aryl methyl sites for hydroxylation is 2. The summed E-state index contributed by atoms with van der Waals surface area (Å²) in [6.45, 7) is 2.31. The van der Waals surface area contributed by atoms with Crippen molar-refractivity contribution in [2.24, 2.45) is 5.73 Å². The molecular weight excluding hydrogens is 451 g/mol. The van der Waals surface area contributed by atoms with Crippen molar-refractivity contribution in [3.63, 3.8) is 0 Å². The van der Waals surface area contributed by atoms with Crippen molar-refractivity contribution in [1.82, 2.24) is 0 Å². The number of amides is 1. The maximum Gasteiger partial charge on any atom is 0.435 e. The molecule has 4 nitrogen and oxygen atoms in total. The Hall–Kier alpha value is -2.89. The fraction of sp³-hybridized carbons (Fsp3) is 0.263. The van der Waals surface area contributed by atoms with E-state index in [-0.39, 0.29) is 27.5 Å². The smallest absolute Gasteiger partial charge is 0.376 e. The van der Waals surface area contributed by atoms with E-state index in [1.165, 1.54) is 18.2 Å². The van der Waals surface area contributed by atoms with Crippen LogP contribution in [-0.4, -0.2) is 23.4 Å². The number of carbonyl (C=O) groups is 1. The Morgan fingerprint density at radius 2 is 1.42 bits per heavy atom. The van der Waals surface area contributed by atoms with Gasteiger partial charge in [0.15, 0.2) is 5.11 Å². The quantitative estimate of drug-likeness (QED) is 0.410. The molecule has 2 rings (SSSR count). The van der Waals surface area contributed by atoms with Crippen LogP contribution in [0.25, 0.3) is 0 Å². The monoisotopic (exact) mass is 467 g/mol. The topological polar surface area (TPSA) is 67.2 Å². The highest BCUT2D eigenvalue weighted by Gasteiger charge is 2.73. The molecule has 31 heavy (non-hydrogen) atoms. The summed E-state index contributed by atoms with van der Waals surface area (Å²) in [5, 5.41) is 4.98. The fourth-order valence-electron chi connectivity index (χ4n) is 2.91. The van der Waals surface area contributed by atoms with Crippen LogP contribution in [0, 0.1) is 13.8 Å². The van der Waals surface area contributed by atoms with Gasteiger partial charge >= 0.3 is 18.0 Å². The molecule has 0 saturated carbocycles. The molecular formula is C19H16F7N3OS. The number of nitrogens with one attached hydrogen (secondary N) is 2. The first kappa shape index (κ1) is 24.4. The predicted molar refractivity (Wildman–Crippen MR) is 106 cm³/mol. The predicted octanol–water partition coefficient (Wildman–Crippen LogP) is 5.50. The molecule has 0 aliphatic carbocycles. The van der Waals surface area contributed by atoms with Crippen molar-refractivity contribution in [3.8, 4) is 0 Å². The maximum absolute atomic E-state index is 14.3. The summed E-state index contributed by atoms with van der Waals surface area (Å²) in [4.78, 5) is 12.5. The SMILES string of the molecule is Cc1cc(C(F)(C(F)(F)F)C(F)(F)F)cc(C)c1NC(=O)c1cccc(NC(N)=S)c1. The molecule has 0 radical (unpaired) electrons. The van der Waals surface area contributed by atoms with Gasteiger partial charge in [0, 0.05) is 22.5 Å². The number of benzene rings is 2. The highest BCUT2D eigenvalue weighted by molar-refractivity contribution is 7.80. The summed E-state index contributed by atoms with van der Waals surface area (Å²) in [6, 6.07) is 6.69. The van der Waals surface area contributed by atoms with Crippen LogP contribution in [0.4, 0.5) is 42.1 Å². The Morgan fingerprint density at radius 1 is 0.903 bits per heavy atom. The molecule has 168 valence electrons. The minimum atomic E-state index is -6.23. The zero-order valence-corrected chi connectivity index (χ0v) is 16.8. The lowest BCUT2D eigenvalue weighted by Crippen LogP contribution is -2.50. The van der Waals surface area contributed by atoms with Crippen LogP contribution in [0.15, 0.2) is 36.4 Å². The van der Waals surface area contributed by atoms with Crippen LogP contribution >= 0.6 is 12.2 Å². The third-order valence-electron chi connectivity index (χ3n) is 4.34. The summed E-state index contributed by atoms with van der Waals surface area (Å²) < 4.78 is 92.5. The molecule has 2 aromatic rings. The molecule has 0 spiro atoms. The largest absolute Gasteiger partial charge is 0.435 e. The summed E-state index contributed by atoms with van der Waals surface area (Å²) >= 11 is 4.70. The summed E-state index contributed by atoms with van der Waals surface area (Å²) in [7, 11) is 0. The third kappa shape index (κ3) is 4.89. The first-order chi connectivity index (χ1) is 14.1. The van der Waals surface area contributed by atoms with Crippen LogP contribution < -0.4 is 16.4 Å². The number of thiocarbonyl (C=S) groups is 1. The van der Waals surface area contributed by atoms with Gasteiger partial charge in [0.25, 0.3) is 5.91 Å². The van der Waals surface area contributed by atoms with Crippen molar-refractivity contribution in [3.05, 3.63) is 58.7 Å². The minimum Gasteiger partial charge on any atom is -0.376 e. The summed E-state index contributed by atoms with van der Waals surface area (Å²) in [5.74, 6) is -0.705. The van der Waals surface area contributed by atoms with Gasteiger partial charge in [-0.05, 0) is 55.4 Å². The molecule has 1 amide bonds. The second kappa shape index (κ2) is 8.33. The van der Waals surface area contributed by atoms with Gasteiger partial charge in [-0.1, -0.05) is 18.2 Å². The first-order valence-electron chi connectivity index (χ1n) is 8.50. The number of anilines is 2. The Kier molecular flexibility index (Phi) is 6.55. The molecule has 0 unspecified atom stereocenters. The lowest BCUT2D eigenvalue weighted by molar-refractivity contribution is -0.348. The van der Waals surface area contributed by atoms with Crippen molar-refractivity contribution >= 4 is 34.6 Å². The van der Waals surface area contributed by atoms with Gasteiger partial charge < -0.3 is 16.4 Å². The first-order valence-corrected chi connectivity index (χ1v) is 8.90. The van der Waals surface area contributed by atoms with Gasteiger partial charge in [-0.2, -0.15) is 26.3 Å². The molecule has 0 aliphatic heterocycles. The lowest BCUT2D eigenvalue weighted by atomic mass is 9.90. The highest BCUT2D eigenvalue weighted by Crippen LogP contribution is 2.53. The van der Waals surface area contributed by atoms with E-state index >= 15 is 0 Å². The number of nitrogens with two attached hydrogens (primary N) is 1. The number of rotatable bonds is 4. The van der Waals surface area contributed by atoms with Crippen LogP contribution in [0.1, 0.15) is 27.0 Å². The lowest BCUT2D eigenvalue weighted by Gasteiger charge is -2.31.